The lowest BCUT2D eigenvalue weighted by Crippen LogP contribution is -2.45. The fourth-order valence-electron chi connectivity index (χ4n) is 3.37. The molecule has 1 aromatic rings. The van der Waals surface area contributed by atoms with Gasteiger partial charge >= 0.3 is 0 Å². The Bertz CT molecular complexity index is 409. The summed E-state index contributed by atoms with van der Waals surface area (Å²) in [5.74, 6) is 0.973. The van der Waals surface area contributed by atoms with Crippen LogP contribution in [-0.2, 0) is 4.74 Å². The molecule has 1 aliphatic heterocycles. The molecule has 2 heterocycles. The topological polar surface area (TPSA) is 34.1 Å². The molecule has 1 saturated heterocycles. The number of anilines is 1. The molecule has 1 saturated carbocycles. The second-order valence-electron chi connectivity index (χ2n) is 5.79. The standard InChI is InChI=1S/C15H21BrN2O/c16-12-4-5-14(17-11-12)18-13-6-9-19-15(10-13)7-2-1-3-8-15/h4-5,11,13H,1-3,6-10H2,(H,17,18). The van der Waals surface area contributed by atoms with E-state index in [-0.39, 0.29) is 5.60 Å². The first-order valence-corrected chi connectivity index (χ1v) is 8.07. The molecule has 0 radical (unpaired) electrons. The summed E-state index contributed by atoms with van der Waals surface area (Å²) in [5, 5.41) is 3.57. The van der Waals surface area contributed by atoms with Crippen molar-refractivity contribution in [3.63, 3.8) is 0 Å². The first-order chi connectivity index (χ1) is 9.26. The van der Waals surface area contributed by atoms with Crippen molar-refractivity contribution in [3.8, 4) is 0 Å². The second-order valence-corrected chi connectivity index (χ2v) is 6.70. The van der Waals surface area contributed by atoms with E-state index < -0.39 is 0 Å². The van der Waals surface area contributed by atoms with Gasteiger partial charge in [-0.05, 0) is 53.7 Å². The summed E-state index contributed by atoms with van der Waals surface area (Å²) < 4.78 is 7.15. The van der Waals surface area contributed by atoms with Crippen LogP contribution in [0.25, 0.3) is 0 Å². The monoisotopic (exact) mass is 324 g/mol. The van der Waals surface area contributed by atoms with Crippen LogP contribution in [0.15, 0.2) is 22.8 Å². The van der Waals surface area contributed by atoms with Crippen molar-refractivity contribution in [1.82, 2.24) is 4.98 Å². The lowest BCUT2D eigenvalue weighted by Gasteiger charge is -2.43. The smallest absolute Gasteiger partial charge is 0.126 e. The van der Waals surface area contributed by atoms with Gasteiger partial charge in [-0.15, -0.1) is 0 Å². The fourth-order valence-corrected chi connectivity index (χ4v) is 3.60. The second kappa shape index (κ2) is 5.80. The lowest BCUT2D eigenvalue weighted by atomic mass is 9.78. The molecule has 2 fully saturated rings. The molecule has 1 spiro atoms. The van der Waals surface area contributed by atoms with Crippen LogP contribution in [0.2, 0.25) is 0 Å². The number of nitrogens with zero attached hydrogens (tertiary/aromatic N) is 1. The van der Waals surface area contributed by atoms with E-state index in [4.69, 9.17) is 4.74 Å². The molecular formula is C15H21BrN2O. The van der Waals surface area contributed by atoms with Crippen molar-refractivity contribution in [2.24, 2.45) is 0 Å². The van der Waals surface area contributed by atoms with Gasteiger partial charge in [-0.25, -0.2) is 4.98 Å². The summed E-state index contributed by atoms with van der Waals surface area (Å²) in [6.45, 7) is 0.883. The summed E-state index contributed by atoms with van der Waals surface area (Å²) in [7, 11) is 0. The van der Waals surface area contributed by atoms with Crippen LogP contribution in [0.1, 0.15) is 44.9 Å². The summed E-state index contributed by atoms with van der Waals surface area (Å²) >= 11 is 3.42. The summed E-state index contributed by atoms with van der Waals surface area (Å²) in [4.78, 5) is 4.41. The molecule has 1 unspecified atom stereocenters. The maximum absolute atomic E-state index is 6.13. The molecule has 1 atom stereocenters. The third-order valence-corrected chi connectivity index (χ3v) is 4.81. The quantitative estimate of drug-likeness (QED) is 0.887. The van der Waals surface area contributed by atoms with E-state index in [0.717, 1.165) is 29.7 Å². The van der Waals surface area contributed by atoms with E-state index in [9.17, 15) is 0 Å². The van der Waals surface area contributed by atoms with Crippen LogP contribution in [0.4, 0.5) is 5.82 Å². The first-order valence-electron chi connectivity index (χ1n) is 7.28. The van der Waals surface area contributed by atoms with Crippen molar-refractivity contribution >= 4 is 21.7 Å². The van der Waals surface area contributed by atoms with E-state index in [2.05, 4.69) is 26.2 Å². The van der Waals surface area contributed by atoms with Gasteiger partial charge in [-0.3, -0.25) is 0 Å². The molecule has 104 valence electrons. The molecule has 2 aliphatic rings. The molecule has 0 amide bonds. The van der Waals surface area contributed by atoms with Gasteiger partial charge in [-0.2, -0.15) is 0 Å². The van der Waals surface area contributed by atoms with Crippen molar-refractivity contribution in [2.45, 2.75) is 56.6 Å². The van der Waals surface area contributed by atoms with Crippen LogP contribution in [0, 0.1) is 0 Å². The SMILES string of the molecule is Brc1ccc(NC2CCOC3(CCCCC3)C2)nc1. The number of hydrogen-bond donors (Lipinski definition) is 1. The highest BCUT2D eigenvalue weighted by Gasteiger charge is 2.38. The van der Waals surface area contributed by atoms with Gasteiger partial charge in [0, 0.05) is 23.3 Å². The minimum atomic E-state index is 0.156. The van der Waals surface area contributed by atoms with Gasteiger partial charge in [0.25, 0.3) is 0 Å². The van der Waals surface area contributed by atoms with Crippen LogP contribution in [-0.4, -0.2) is 23.2 Å². The molecule has 4 heteroatoms. The Morgan fingerprint density at radius 3 is 2.84 bits per heavy atom. The minimum absolute atomic E-state index is 0.156. The van der Waals surface area contributed by atoms with Crippen LogP contribution in [0.3, 0.4) is 0 Å². The lowest BCUT2D eigenvalue weighted by molar-refractivity contribution is -0.103. The molecule has 0 aromatic carbocycles. The predicted octanol–water partition coefficient (Wildman–Crippen LogP) is 4.14. The largest absolute Gasteiger partial charge is 0.375 e. The predicted molar refractivity (Wildman–Crippen MR) is 80.3 cm³/mol. The number of halogens is 1. The normalized spacial score (nSPS) is 26.3. The third kappa shape index (κ3) is 3.29. The molecule has 1 aliphatic carbocycles. The molecular weight excluding hydrogens is 304 g/mol. The number of aromatic nitrogens is 1. The van der Waals surface area contributed by atoms with E-state index in [1.54, 1.807) is 0 Å². The number of hydrogen-bond acceptors (Lipinski definition) is 3. The van der Waals surface area contributed by atoms with Crippen molar-refractivity contribution in [1.29, 1.82) is 0 Å². The highest BCUT2D eigenvalue weighted by atomic mass is 79.9. The van der Waals surface area contributed by atoms with Gasteiger partial charge < -0.3 is 10.1 Å². The first kappa shape index (κ1) is 13.4. The van der Waals surface area contributed by atoms with E-state index >= 15 is 0 Å². The third-order valence-electron chi connectivity index (χ3n) is 4.34. The summed E-state index contributed by atoms with van der Waals surface area (Å²) in [6.07, 6.45) is 10.5. The highest BCUT2D eigenvalue weighted by Crippen LogP contribution is 2.39. The zero-order chi connectivity index (χ0) is 13.1. The number of rotatable bonds is 2. The Morgan fingerprint density at radius 1 is 1.26 bits per heavy atom. The van der Waals surface area contributed by atoms with Gasteiger partial charge in [0.1, 0.15) is 5.82 Å². The molecule has 19 heavy (non-hydrogen) atoms. The molecule has 1 aromatic heterocycles. The Morgan fingerprint density at radius 2 is 2.11 bits per heavy atom. The van der Waals surface area contributed by atoms with Crippen LogP contribution >= 0.6 is 15.9 Å². The Labute approximate surface area is 123 Å². The zero-order valence-electron chi connectivity index (χ0n) is 11.2. The molecule has 0 bridgehead atoms. The van der Waals surface area contributed by atoms with Crippen LogP contribution in [0.5, 0.6) is 0 Å². The highest BCUT2D eigenvalue weighted by molar-refractivity contribution is 9.10. The van der Waals surface area contributed by atoms with E-state index in [1.807, 2.05) is 18.3 Å². The van der Waals surface area contributed by atoms with Crippen LogP contribution < -0.4 is 5.32 Å². The number of ether oxygens (including phenoxy) is 1. The Kier molecular flexibility index (Phi) is 4.08. The average Bonchev–Trinajstić information content (AvgIpc) is 2.42. The number of nitrogens with one attached hydrogen (secondary N) is 1. The maximum Gasteiger partial charge on any atom is 0.126 e. The Balaban J connectivity index is 1.63. The molecule has 1 N–H and O–H groups in total. The fraction of sp³-hybridized carbons (Fsp3) is 0.667. The maximum atomic E-state index is 6.13. The molecule has 3 nitrogen and oxygen atoms in total. The summed E-state index contributed by atoms with van der Waals surface area (Å²) in [6, 6.07) is 4.57. The van der Waals surface area contributed by atoms with Gasteiger partial charge in [0.15, 0.2) is 0 Å². The summed E-state index contributed by atoms with van der Waals surface area (Å²) in [5.41, 5.74) is 0.156. The van der Waals surface area contributed by atoms with E-state index in [1.165, 1.54) is 32.1 Å². The van der Waals surface area contributed by atoms with Gasteiger partial charge in [0.2, 0.25) is 0 Å². The van der Waals surface area contributed by atoms with Gasteiger partial charge in [-0.1, -0.05) is 19.3 Å². The Hall–Kier alpha value is -0.610. The number of pyridine rings is 1. The van der Waals surface area contributed by atoms with E-state index in [0.29, 0.717) is 6.04 Å². The van der Waals surface area contributed by atoms with Crippen molar-refractivity contribution in [2.75, 3.05) is 11.9 Å². The van der Waals surface area contributed by atoms with Crippen molar-refractivity contribution in [3.05, 3.63) is 22.8 Å². The van der Waals surface area contributed by atoms with Crippen molar-refractivity contribution < 1.29 is 4.74 Å². The molecule has 3 rings (SSSR count). The van der Waals surface area contributed by atoms with Gasteiger partial charge in [0.05, 0.1) is 5.60 Å². The minimum Gasteiger partial charge on any atom is -0.375 e. The average molecular weight is 325 g/mol. The zero-order valence-corrected chi connectivity index (χ0v) is 12.8.